The van der Waals surface area contributed by atoms with Gasteiger partial charge in [-0.25, -0.2) is 0 Å². The first kappa shape index (κ1) is 12.3. The van der Waals surface area contributed by atoms with Crippen molar-refractivity contribution >= 4 is 17.4 Å². The quantitative estimate of drug-likeness (QED) is 0.858. The fourth-order valence-corrected chi connectivity index (χ4v) is 3.25. The highest BCUT2D eigenvalue weighted by Gasteiger charge is 2.20. The van der Waals surface area contributed by atoms with E-state index in [0.29, 0.717) is 12.0 Å². The van der Waals surface area contributed by atoms with Gasteiger partial charge in [0.1, 0.15) is 0 Å². The van der Waals surface area contributed by atoms with Gasteiger partial charge in [-0.2, -0.15) is 0 Å². The van der Waals surface area contributed by atoms with Crippen molar-refractivity contribution in [1.29, 1.82) is 0 Å². The molecule has 0 unspecified atom stereocenters. The Morgan fingerprint density at radius 1 is 0.905 bits per heavy atom. The normalized spacial score (nSPS) is 15.5. The molecule has 0 bridgehead atoms. The maximum Gasteiger partial charge on any atom is 0.228 e. The lowest BCUT2D eigenvalue weighted by molar-refractivity contribution is -0.115. The van der Waals surface area contributed by atoms with Crippen LogP contribution in [0, 0.1) is 0 Å². The number of benzene rings is 2. The van der Waals surface area contributed by atoms with Crippen molar-refractivity contribution in [2.24, 2.45) is 0 Å². The van der Waals surface area contributed by atoms with E-state index in [2.05, 4.69) is 11.4 Å². The summed E-state index contributed by atoms with van der Waals surface area (Å²) >= 11 is 0. The number of carbonyl (C=O) groups excluding carboxylic acids is 2. The van der Waals surface area contributed by atoms with E-state index in [1.807, 2.05) is 24.3 Å². The fraction of sp³-hybridized carbons (Fsp3) is 0.222. The molecule has 1 amide bonds. The number of nitrogens with one attached hydrogen (secondary N) is 1. The SMILES string of the molecule is O=C1Cc2cc(C(=O)c3ccc4c(c3)CCC4)ccc2N1. The lowest BCUT2D eigenvalue weighted by atomic mass is 9.97. The Balaban J connectivity index is 1.69. The number of fused-ring (bicyclic) bond motifs is 2. The van der Waals surface area contributed by atoms with Crippen LogP contribution in [-0.4, -0.2) is 11.7 Å². The largest absolute Gasteiger partial charge is 0.326 e. The third-order valence-corrected chi connectivity index (χ3v) is 4.35. The summed E-state index contributed by atoms with van der Waals surface area (Å²) in [5.41, 5.74) is 5.81. The molecule has 4 rings (SSSR count). The minimum Gasteiger partial charge on any atom is -0.326 e. The van der Waals surface area contributed by atoms with Gasteiger partial charge in [0.25, 0.3) is 0 Å². The van der Waals surface area contributed by atoms with Crippen LogP contribution >= 0.6 is 0 Å². The van der Waals surface area contributed by atoms with Crippen LogP contribution < -0.4 is 5.32 Å². The molecule has 3 heteroatoms. The minimum atomic E-state index is -0.00729. The van der Waals surface area contributed by atoms with Crippen LogP contribution in [0.15, 0.2) is 36.4 Å². The van der Waals surface area contributed by atoms with E-state index >= 15 is 0 Å². The molecule has 0 spiro atoms. The smallest absolute Gasteiger partial charge is 0.228 e. The first-order valence-corrected chi connectivity index (χ1v) is 7.30. The number of amides is 1. The van der Waals surface area contributed by atoms with E-state index < -0.39 is 0 Å². The monoisotopic (exact) mass is 277 g/mol. The molecule has 1 aliphatic carbocycles. The Bertz CT molecular complexity index is 777. The zero-order valence-electron chi connectivity index (χ0n) is 11.6. The van der Waals surface area contributed by atoms with Crippen molar-refractivity contribution in [3.8, 4) is 0 Å². The number of rotatable bonds is 2. The molecule has 0 saturated carbocycles. The average molecular weight is 277 g/mol. The molecule has 3 nitrogen and oxygen atoms in total. The van der Waals surface area contributed by atoms with Gasteiger partial charge in [0.15, 0.2) is 5.78 Å². The van der Waals surface area contributed by atoms with Crippen LogP contribution in [0.3, 0.4) is 0 Å². The number of hydrogen-bond acceptors (Lipinski definition) is 2. The maximum atomic E-state index is 12.6. The van der Waals surface area contributed by atoms with Gasteiger partial charge in [0, 0.05) is 16.8 Å². The van der Waals surface area contributed by atoms with Crippen LogP contribution in [0.1, 0.15) is 39.0 Å². The van der Waals surface area contributed by atoms with Crippen molar-refractivity contribution in [1.82, 2.24) is 0 Å². The Kier molecular flexibility index (Phi) is 2.67. The van der Waals surface area contributed by atoms with Gasteiger partial charge in [-0.05, 0) is 60.2 Å². The first-order chi connectivity index (χ1) is 10.2. The van der Waals surface area contributed by atoms with Crippen molar-refractivity contribution in [2.45, 2.75) is 25.7 Å². The number of carbonyl (C=O) groups is 2. The fourth-order valence-electron chi connectivity index (χ4n) is 3.25. The highest BCUT2D eigenvalue weighted by atomic mass is 16.1. The van der Waals surface area contributed by atoms with Crippen molar-refractivity contribution < 1.29 is 9.59 Å². The molecule has 0 radical (unpaired) electrons. The second kappa shape index (κ2) is 4.55. The summed E-state index contributed by atoms with van der Waals surface area (Å²) in [6.45, 7) is 0. The molecule has 0 aromatic heterocycles. The number of ketones is 1. The average Bonchev–Trinajstić information content (AvgIpc) is 3.09. The summed E-state index contributed by atoms with van der Waals surface area (Å²) in [7, 11) is 0. The summed E-state index contributed by atoms with van der Waals surface area (Å²) in [6.07, 6.45) is 3.73. The molecule has 104 valence electrons. The second-order valence-corrected chi connectivity index (χ2v) is 5.76. The Hall–Kier alpha value is -2.42. The number of hydrogen-bond donors (Lipinski definition) is 1. The van der Waals surface area contributed by atoms with Crippen LogP contribution in [0.5, 0.6) is 0 Å². The van der Waals surface area contributed by atoms with E-state index in [1.165, 1.54) is 17.5 Å². The van der Waals surface area contributed by atoms with E-state index in [1.54, 1.807) is 6.07 Å². The molecule has 1 heterocycles. The van der Waals surface area contributed by atoms with Gasteiger partial charge >= 0.3 is 0 Å². The van der Waals surface area contributed by atoms with Gasteiger partial charge in [-0.3, -0.25) is 9.59 Å². The number of aryl methyl sites for hydroxylation is 2. The van der Waals surface area contributed by atoms with Gasteiger partial charge in [-0.1, -0.05) is 12.1 Å². The Morgan fingerprint density at radius 3 is 2.48 bits per heavy atom. The van der Waals surface area contributed by atoms with Crippen LogP contribution in [-0.2, 0) is 24.1 Å². The molecule has 0 saturated heterocycles. The predicted octanol–water partition coefficient (Wildman–Crippen LogP) is 2.90. The zero-order chi connectivity index (χ0) is 14.4. The highest BCUT2D eigenvalue weighted by molar-refractivity contribution is 6.10. The maximum absolute atomic E-state index is 12.6. The zero-order valence-corrected chi connectivity index (χ0v) is 11.6. The van der Waals surface area contributed by atoms with Gasteiger partial charge < -0.3 is 5.32 Å². The predicted molar refractivity (Wildman–Crippen MR) is 80.7 cm³/mol. The van der Waals surface area contributed by atoms with Crippen molar-refractivity contribution in [3.05, 3.63) is 64.2 Å². The first-order valence-electron chi connectivity index (χ1n) is 7.30. The highest BCUT2D eigenvalue weighted by Crippen LogP contribution is 2.27. The second-order valence-electron chi connectivity index (χ2n) is 5.76. The van der Waals surface area contributed by atoms with E-state index in [0.717, 1.165) is 29.7 Å². The summed E-state index contributed by atoms with van der Waals surface area (Å²) in [4.78, 5) is 24.0. The van der Waals surface area contributed by atoms with Crippen LogP contribution in [0.2, 0.25) is 0 Å². The van der Waals surface area contributed by atoms with Crippen LogP contribution in [0.4, 0.5) is 5.69 Å². The summed E-state index contributed by atoms with van der Waals surface area (Å²) in [5, 5.41) is 2.79. The minimum absolute atomic E-state index is 0.00729. The van der Waals surface area contributed by atoms with E-state index in [9.17, 15) is 9.59 Å². The topological polar surface area (TPSA) is 46.2 Å². The molecule has 0 fully saturated rings. The van der Waals surface area contributed by atoms with Gasteiger partial charge in [0.2, 0.25) is 5.91 Å². The molecule has 1 N–H and O–H groups in total. The van der Waals surface area contributed by atoms with E-state index in [-0.39, 0.29) is 11.7 Å². The molecule has 2 aromatic rings. The molecule has 1 aliphatic heterocycles. The summed E-state index contributed by atoms with van der Waals surface area (Å²) < 4.78 is 0. The molecule has 2 aromatic carbocycles. The molecule has 21 heavy (non-hydrogen) atoms. The molecule has 0 atom stereocenters. The van der Waals surface area contributed by atoms with Gasteiger partial charge in [0.05, 0.1) is 6.42 Å². The summed E-state index contributed by atoms with van der Waals surface area (Å²) in [6, 6.07) is 11.5. The van der Waals surface area contributed by atoms with Crippen LogP contribution in [0.25, 0.3) is 0 Å². The third kappa shape index (κ3) is 2.05. The summed E-state index contributed by atoms with van der Waals surface area (Å²) in [5.74, 6) is 0.0268. The Morgan fingerprint density at radius 2 is 1.62 bits per heavy atom. The number of anilines is 1. The molecule has 2 aliphatic rings. The van der Waals surface area contributed by atoms with Crippen molar-refractivity contribution in [3.63, 3.8) is 0 Å². The lowest BCUT2D eigenvalue weighted by Gasteiger charge is -2.06. The van der Waals surface area contributed by atoms with Crippen molar-refractivity contribution in [2.75, 3.05) is 5.32 Å². The standard InChI is InChI=1S/C18H15NO2/c20-17-10-15-9-14(6-7-16(15)19-17)18(21)13-5-4-11-2-1-3-12(11)8-13/h4-9H,1-3,10H2,(H,19,20). The molecular weight excluding hydrogens is 262 g/mol. The Labute approximate surface area is 123 Å². The lowest BCUT2D eigenvalue weighted by Crippen LogP contribution is -2.03. The third-order valence-electron chi connectivity index (χ3n) is 4.35. The molecular formula is C18H15NO2. The van der Waals surface area contributed by atoms with E-state index in [4.69, 9.17) is 0 Å². The van der Waals surface area contributed by atoms with Gasteiger partial charge in [-0.15, -0.1) is 0 Å².